The summed E-state index contributed by atoms with van der Waals surface area (Å²) < 4.78 is 0. The van der Waals surface area contributed by atoms with Gasteiger partial charge in [-0.2, -0.15) is 0 Å². The summed E-state index contributed by atoms with van der Waals surface area (Å²) in [5, 5.41) is 7.86. The van der Waals surface area contributed by atoms with Crippen LogP contribution in [-0.2, 0) is 0 Å². The van der Waals surface area contributed by atoms with E-state index in [9.17, 15) is 0 Å². The van der Waals surface area contributed by atoms with Crippen LogP contribution in [0.4, 0.5) is 0 Å². The predicted molar refractivity (Wildman–Crippen MR) is 111 cm³/mol. The van der Waals surface area contributed by atoms with Gasteiger partial charge in [0.05, 0.1) is 0 Å². The molecule has 0 spiro atoms. The molecular weight excluding hydrogens is 316 g/mol. The van der Waals surface area contributed by atoms with Crippen LogP contribution in [0.1, 0.15) is 63.7 Å². The lowest BCUT2D eigenvalue weighted by Gasteiger charge is -2.42. The third-order valence-electron chi connectivity index (χ3n) is 6.24. The number of hydrogen-bond acceptors (Lipinski definition) is 2. The highest BCUT2D eigenvalue weighted by molar-refractivity contribution is 5.20. The summed E-state index contributed by atoms with van der Waals surface area (Å²) in [6, 6.07) is 23.4. The van der Waals surface area contributed by atoms with E-state index in [0.717, 1.165) is 11.8 Å². The number of rotatable bonds is 6. The van der Waals surface area contributed by atoms with Crippen LogP contribution in [0.25, 0.3) is 0 Å². The van der Waals surface area contributed by atoms with E-state index < -0.39 is 0 Å². The van der Waals surface area contributed by atoms with Crippen LogP contribution in [0.2, 0.25) is 0 Å². The quantitative estimate of drug-likeness (QED) is 0.719. The fourth-order valence-corrected chi connectivity index (χ4v) is 4.28. The minimum Gasteiger partial charge on any atom is -0.306 e. The van der Waals surface area contributed by atoms with E-state index in [4.69, 9.17) is 0 Å². The van der Waals surface area contributed by atoms with E-state index in [1.807, 2.05) is 0 Å². The molecule has 2 nitrogen and oxygen atoms in total. The van der Waals surface area contributed by atoms with Crippen LogP contribution in [0.15, 0.2) is 60.7 Å². The molecule has 3 rings (SSSR count). The molecule has 0 aliphatic heterocycles. The van der Waals surface area contributed by atoms with Crippen LogP contribution in [-0.4, -0.2) is 12.1 Å². The van der Waals surface area contributed by atoms with E-state index in [0.29, 0.717) is 24.2 Å². The maximum atomic E-state index is 3.93. The van der Waals surface area contributed by atoms with Crippen molar-refractivity contribution >= 4 is 0 Å². The number of nitrogens with one attached hydrogen (secondary N) is 2. The molecule has 1 saturated carbocycles. The first-order chi connectivity index (χ1) is 12.5. The van der Waals surface area contributed by atoms with Crippen molar-refractivity contribution < 1.29 is 0 Å². The van der Waals surface area contributed by atoms with Gasteiger partial charge in [-0.1, -0.05) is 74.5 Å². The zero-order valence-corrected chi connectivity index (χ0v) is 16.7. The molecule has 0 aromatic heterocycles. The molecule has 0 unspecified atom stereocenters. The molecule has 0 radical (unpaired) electrons. The minimum absolute atomic E-state index is 0.373. The van der Waals surface area contributed by atoms with E-state index in [2.05, 4.69) is 99.0 Å². The Morgan fingerprint density at radius 3 is 1.35 bits per heavy atom. The molecule has 2 heteroatoms. The lowest BCUT2D eigenvalue weighted by atomic mass is 9.75. The van der Waals surface area contributed by atoms with Gasteiger partial charge >= 0.3 is 0 Å². The van der Waals surface area contributed by atoms with Gasteiger partial charge in [0.25, 0.3) is 0 Å². The maximum absolute atomic E-state index is 3.93. The van der Waals surface area contributed by atoms with Crippen LogP contribution in [0.3, 0.4) is 0 Å². The molecule has 26 heavy (non-hydrogen) atoms. The van der Waals surface area contributed by atoms with Crippen molar-refractivity contribution in [2.75, 3.05) is 0 Å². The SMILES string of the molecule is C[C@H](N[C@@H]1C[C@@H](C)[C@@H](C)C[C@H]1N[C@@H](C)c1ccccc1)c1ccccc1. The molecule has 140 valence electrons. The van der Waals surface area contributed by atoms with Gasteiger partial charge in [0.1, 0.15) is 0 Å². The Bertz CT molecular complexity index is 595. The molecule has 2 N–H and O–H groups in total. The first-order valence-electron chi connectivity index (χ1n) is 10.2. The summed E-state index contributed by atoms with van der Waals surface area (Å²) in [5.74, 6) is 1.53. The first kappa shape index (κ1) is 19.1. The van der Waals surface area contributed by atoms with Crippen LogP contribution >= 0.6 is 0 Å². The lowest BCUT2D eigenvalue weighted by molar-refractivity contribution is 0.161. The molecule has 1 aliphatic carbocycles. The molecule has 0 heterocycles. The second kappa shape index (κ2) is 8.83. The van der Waals surface area contributed by atoms with Gasteiger partial charge in [-0.05, 0) is 49.7 Å². The second-order valence-electron chi connectivity index (χ2n) is 8.24. The maximum Gasteiger partial charge on any atom is 0.0295 e. The summed E-state index contributed by atoms with van der Waals surface area (Å²) in [5.41, 5.74) is 2.74. The van der Waals surface area contributed by atoms with Crippen LogP contribution in [0, 0.1) is 11.8 Å². The topological polar surface area (TPSA) is 24.1 Å². The van der Waals surface area contributed by atoms with E-state index in [1.54, 1.807) is 0 Å². The fraction of sp³-hybridized carbons (Fsp3) is 0.500. The van der Waals surface area contributed by atoms with Crippen molar-refractivity contribution in [3.05, 3.63) is 71.8 Å². The van der Waals surface area contributed by atoms with Crippen molar-refractivity contribution in [3.8, 4) is 0 Å². The monoisotopic (exact) mass is 350 g/mol. The molecule has 2 aromatic rings. The predicted octanol–water partition coefficient (Wildman–Crippen LogP) is 5.49. The summed E-state index contributed by atoms with van der Waals surface area (Å²) >= 11 is 0. The highest BCUT2D eigenvalue weighted by Crippen LogP contribution is 2.32. The first-order valence-corrected chi connectivity index (χ1v) is 10.2. The van der Waals surface area contributed by atoms with Crippen LogP contribution < -0.4 is 10.6 Å². The molecule has 2 aromatic carbocycles. The van der Waals surface area contributed by atoms with E-state index in [-0.39, 0.29) is 0 Å². The summed E-state index contributed by atoms with van der Waals surface area (Å²) in [6.07, 6.45) is 2.47. The third-order valence-corrected chi connectivity index (χ3v) is 6.24. The Morgan fingerprint density at radius 1 is 0.654 bits per heavy atom. The van der Waals surface area contributed by atoms with Gasteiger partial charge < -0.3 is 10.6 Å². The largest absolute Gasteiger partial charge is 0.306 e. The molecule has 0 saturated heterocycles. The Morgan fingerprint density at radius 2 is 1.00 bits per heavy atom. The van der Waals surface area contributed by atoms with E-state index in [1.165, 1.54) is 24.0 Å². The highest BCUT2D eigenvalue weighted by atomic mass is 15.1. The van der Waals surface area contributed by atoms with Crippen LogP contribution in [0.5, 0.6) is 0 Å². The Labute approximate surface area is 159 Å². The molecule has 6 atom stereocenters. The number of benzene rings is 2. The Kier molecular flexibility index (Phi) is 6.50. The average Bonchev–Trinajstić information content (AvgIpc) is 2.67. The van der Waals surface area contributed by atoms with Gasteiger partial charge in [-0.3, -0.25) is 0 Å². The molecule has 1 fully saturated rings. The van der Waals surface area contributed by atoms with Gasteiger partial charge in [-0.15, -0.1) is 0 Å². The van der Waals surface area contributed by atoms with Gasteiger partial charge in [-0.25, -0.2) is 0 Å². The molecule has 1 aliphatic rings. The average molecular weight is 351 g/mol. The van der Waals surface area contributed by atoms with Crippen molar-refractivity contribution in [3.63, 3.8) is 0 Å². The summed E-state index contributed by atoms with van der Waals surface area (Å²) in [7, 11) is 0. The van der Waals surface area contributed by atoms with Gasteiger partial charge in [0.2, 0.25) is 0 Å². The minimum atomic E-state index is 0.373. The van der Waals surface area contributed by atoms with Crippen molar-refractivity contribution in [1.82, 2.24) is 10.6 Å². The van der Waals surface area contributed by atoms with Crippen molar-refractivity contribution in [2.45, 2.75) is 64.7 Å². The van der Waals surface area contributed by atoms with Crippen molar-refractivity contribution in [1.29, 1.82) is 0 Å². The normalized spacial score (nSPS) is 28.5. The smallest absolute Gasteiger partial charge is 0.0295 e. The zero-order valence-electron chi connectivity index (χ0n) is 16.7. The second-order valence-corrected chi connectivity index (χ2v) is 8.24. The zero-order chi connectivity index (χ0) is 18.5. The lowest BCUT2D eigenvalue weighted by Crippen LogP contribution is -2.54. The standard InChI is InChI=1S/C24H34N2/c1-17-15-23(25-19(3)21-11-7-5-8-12-21)24(16-18(17)2)26-20(4)22-13-9-6-10-14-22/h5-14,17-20,23-26H,15-16H2,1-4H3/t17-,18+,19-,20-,23+,24+/m0/s1. The summed E-state index contributed by atoms with van der Waals surface area (Å²) in [6.45, 7) is 9.39. The highest BCUT2D eigenvalue weighted by Gasteiger charge is 2.34. The Hall–Kier alpha value is -1.64. The van der Waals surface area contributed by atoms with Crippen molar-refractivity contribution in [2.24, 2.45) is 11.8 Å². The molecule has 0 bridgehead atoms. The molecular formula is C24H34N2. The van der Waals surface area contributed by atoms with E-state index >= 15 is 0 Å². The molecule has 0 amide bonds. The van der Waals surface area contributed by atoms with Gasteiger partial charge in [0, 0.05) is 24.2 Å². The summed E-state index contributed by atoms with van der Waals surface area (Å²) in [4.78, 5) is 0. The Balaban J connectivity index is 1.70. The van der Waals surface area contributed by atoms with Gasteiger partial charge in [0.15, 0.2) is 0 Å². The number of hydrogen-bond donors (Lipinski definition) is 2. The third kappa shape index (κ3) is 4.75. The fourth-order valence-electron chi connectivity index (χ4n) is 4.28.